The average Bonchev–Trinajstić information content (AvgIpc) is 3.46. The molecule has 0 aliphatic heterocycles. The molecule has 0 radical (unpaired) electrons. The van der Waals surface area contributed by atoms with Crippen LogP contribution in [0.1, 0.15) is 28.8 Å². The second kappa shape index (κ2) is 7.31. The van der Waals surface area contributed by atoms with Gasteiger partial charge in [0.1, 0.15) is 11.5 Å². The summed E-state index contributed by atoms with van der Waals surface area (Å²) in [6.07, 6.45) is 6.49. The quantitative estimate of drug-likeness (QED) is 0.699. The Morgan fingerprint density at radius 3 is 2.74 bits per heavy atom. The van der Waals surface area contributed by atoms with Gasteiger partial charge in [0.25, 0.3) is 5.91 Å². The number of hydrogen-bond acceptors (Lipinski definition) is 4. The van der Waals surface area contributed by atoms with E-state index in [1.165, 1.54) is 0 Å². The Morgan fingerprint density at radius 2 is 2.00 bits per heavy atom. The smallest absolute Gasteiger partial charge is 0.255 e. The van der Waals surface area contributed by atoms with Crippen molar-refractivity contribution in [2.24, 2.45) is 5.92 Å². The van der Waals surface area contributed by atoms with Crippen LogP contribution in [0.3, 0.4) is 0 Å². The molecular formula is C21H23N3O3. The summed E-state index contributed by atoms with van der Waals surface area (Å²) < 4.78 is 12.3. The number of carbonyl (C=O) groups excluding carboxylic acids is 1. The van der Waals surface area contributed by atoms with E-state index in [2.05, 4.69) is 16.5 Å². The summed E-state index contributed by atoms with van der Waals surface area (Å²) in [6, 6.07) is 11.8. The summed E-state index contributed by atoms with van der Waals surface area (Å²) in [6.45, 7) is 0. The number of carbonyl (C=O) groups is 1. The van der Waals surface area contributed by atoms with E-state index >= 15 is 0 Å². The molecule has 1 aromatic carbocycles. The van der Waals surface area contributed by atoms with E-state index in [4.69, 9.17) is 9.47 Å². The molecule has 4 rings (SSSR count). The highest BCUT2D eigenvalue weighted by atomic mass is 16.5. The first-order chi connectivity index (χ1) is 13.2. The normalized spacial score (nSPS) is 14.7. The number of nitrogens with zero attached hydrogens (tertiary/aromatic N) is 2. The first-order valence-electron chi connectivity index (χ1n) is 9.13. The molecular weight excluding hydrogens is 342 g/mol. The molecule has 1 fully saturated rings. The molecule has 1 aliphatic carbocycles. The maximum atomic E-state index is 12.9. The number of hydrogen-bond donors (Lipinski definition) is 1. The van der Waals surface area contributed by atoms with Gasteiger partial charge in [0.15, 0.2) is 0 Å². The van der Waals surface area contributed by atoms with Crippen molar-refractivity contribution in [1.82, 2.24) is 14.9 Å². The predicted octanol–water partition coefficient (Wildman–Crippen LogP) is 3.10. The van der Waals surface area contributed by atoms with E-state index in [-0.39, 0.29) is 11.9 Å². The van der Waals surface area contributed by atoms with Crippen molar-refractivity contribution in [3.63, 3.8) is 0 Å². The van der Waals surface area contributed by atoms with Gasteiger partial charge in [-0.25, -0.2) is 4.52 Å². The molecule has 1 amide bonds. The van der Waals surface area contributed by atoms with Crippen molar-refractivity contribution in [3.8, 4) is 11.5 Å². The molecule has 0 bridgehead atoms. The Hall–Kier alpha value is -3.02. The SMILES string of the molecule is COc1cccc(CC(NC(=O)c2cnn3ccc(OC)cc23)C2CC2)c1. The summed E-state index contributed by atoms with van der Waals surface area (Å²) in [5.41, 5.74) is 2.46. The highest BCUT2D eigenvalue weighted by Gasteiger charge is 2.33. The Bertz CT molecular complexity index is 962. The Labute approximate surface area is 158 Å². The second-order valence-corrected chi connectivity index (χ2v) is 6.93. The van der Waals surface area contributed by atoms with E-state index in [1.54, 1.807) is 31.1 Å². The Morgan fingerprint density at radius 1 is 1.22 bits per heavy atom. The lowest BCUT2D eigenvalue weighted by Crippen LogP contribution is -2.38. The van der Waals surface area contributed by atoms with Gasteiger partial charge >= 0.3 is 0 Å². The van der Waals surface area contributed by atoms with Gasteiger partial charge in [-0.3, -0.25) is 4.79 Å². The van der Waals surface area contributed by atoms with Crippen LogP contribution in [0, 0.1) is 5.92 Å². The third-order valence-electron chi connectivity index (χ3n) is 5.07. The zero-order valence-corrected chi connectivity index (χ0v) is 15.5. The number of ether oxygens (including phenoxy) is 2. The van der Waals surface area contributed by atoms with Gasteiger partial charge in [-0.2, -0.15) is 5.10 Å². The number of nitrogens with one attached hydrogen (secondary N) is 1. The summed E-state index contributed by atoms with van der Waals surface area (Å²) in [7, 11) is 3.28. The third kappa shape index (κ3) is 3.74. The topological polar surface area (TPSA) is 64.9 Å². The molecule has 1 atom stereocenters. The molecule has 3 aromatic rings. The van der Waals surface area contributed by atoms with Gasteiger partial charge in [-0.05, 0) is 48.9 Å². The Kier molecular flexibility index (Phi) is 4.71. The second-order valence-electron chi connectivity index (χ2n) is 6.93. The lowest BCUT2D eigenvalue weighted by molar-refractivity contribution is 0.0933. The molecule has 6 heteroatoms. The summed E-state index contributed by atoms with van der Waals surface area (Å²) in [5.74, 6) is 1.96. The van der Waals surface area contributed by atoms with Crippen molar-refractivity contribution in [2.75, 3.05) is 14.2 Å². The number of rotatable bonds is 7. The highest BCUT2D eigenvalue weighted by Crippen LogP contribution is 2.34. The van der Waals surface area contributed by atoms with Crippen LogP contribution < -0.4 is 14.8 Å². The average molecular weight is 365 g/mol. The largest absolute Gasteiger partial charge is 0.497 e. The fraction of sp³-hybridized carbons (Fsp3) is 0.333. The summed E-state index contributed by atoms with van der Waals surface area (Å²) >= 11 is 0. The zero-order valence-electron chi connectivity index (χ0n) is 15.5. The van der Waals surface area contributed by atoms with Crippen LogP contribution in [0.4, 0.5) is 0 Å². The Balaban J connectivity index is 1.54. The minimum absolute atomic E-state index is 0.0990. The number of fused-ring (bicyclic) bond motifs is 1. The van der Waals surface area contributed by atoms with Crippen LogP contribution in [0.2, 0.25) is 0 Å². The van der Waals surface area contributed by atoms with Crippen molar-refractivity contribution in [2.45, 2.75) is 25.3 Å². The molecule has 1 N–H and O–H groups in total. The van der Waals surface area contributed by atoms with Crippen LogP contribution in [-0.4, -0.2) is 35.8 Å². The van der Waals surface area contributed by atoms with Gasteiger partial charge in [0.2, 0.25) is 0 Å². The number of methoxy groups -OCH3 is 2. The number of benzene rings is 1. The van der Waals surface area contributed by atoms with E-state index in [0.29, 0.717) is 17.2 Å². The van der Waals surface area contributed by atoms with Crippen molar-refractivity contribution in [1.29, 1.82) is 0 Å². The summed E-state index contributed by atoms with van der Waals surface area (Å²) in [5, 5.41) is 7.50. The number of aromatic nitrogens is 2. The van der Waals surface area contributed by atoms with Gasteiger partial charge in [0.05, 0.1) is 31.5 Å². The van der Waals surface area contributed by atoms with Crippen LogP contribution in [-0.2, 0) is 6.42 Å². The minimum atomic E-state index is -0.0990. The van der Waals surface area contributed by atoms with Gasteiger partial charge in [-0.15, -0.1) is 0 Å². The number of pyridine rings is 1. The lowest BCUT2D eigenvalue weighted by Gasteiger charge is -2.18. The molecule has 1 saturated carbocycles. The minimum Gasteiger partial charge on any atom is -0.497 e. The fourth-order valence-electron chi connectivity index (χ4n) is 3.40. The standard InChI is InChI=1S/C21H23N3O3/c1-26-16-5-3-4-14(10-16)11-19(15-6-7-15)23-21(25)18-13-22-24-9-8-17(27-2)12-20(18)24/h3-5,8-10,12-13,15,19H,6-7,11H2,1-2H3,(H,23,25). The molecule has 140 valence electrons. The molecule has 2 heterocycles. The van der Waals surface area contributed by atoms with Crippen LogP contribution >= 0.6 is 0 Å². The molecule has 27 heavy (non-hydrogen) atoms. The molecule has 0 spiro atoms. The van der Waals surface area contributed by atoms with E-state index in [1.807, 2.05) is 30.3 Å². The predicted molar refractivity (Wildman–Crippen MR) is 102 cm³/mol. The monoisotopic (exact) mass is 365 g/mol. The van der Waals surface area contributed by atoms with E-state index in [0.717, 1.165) is 36.1 Å². The van der Waals surface area contributed by atoms with E-state index in [9.17, 15) is 4.79 Å². The molecule has 0 saturated heterocycles. The van der Waals surface area contributed by atoms with Crippen molar-refractivity contribution in [3.05, 3.63) is 59.9 Å². The van der Waals surface area contributed by atoms with Crippen LogP contribution in [0.25, 0.3) is 5.52 Å². The summed E-state index contributed by atoms with van der Waals surface area (Å²) in [4.78, 5) is 12.9. The number of amides is 1. The fourth-order valence-corrected chi connectivity index (χ4v) is 3.40. The van der Waals surface area contributed by atoms with Crippen LogP contribution in [0.5, 0.6) is 11.5 Å². The molecule has 1 aliphatic rings. The highest BCUT2D eigenvalue weighted by molar-refractivity contribution is 6.01. The lowest BCUT2D eigenvalue weighted by atomic mass is 10.0. The zero-order chi connectivity index (χ0) is 18.8. The van der Waals surface area contributed by atoms with Gasteiger partial charge in [0, 0.05) is 18.3 Å². The maximum Gasteiger partial charge on any atom is 0.255 e. The van der Waals surface area contributed by atoms with Gasteiger partial charge < -0.3 is 14.8 Å². The van der Waals surface area contributed by atoms with Crippen molar-refractivity contribution < 1.29 is 14.3 Å². The van der Waals surface area contributed by atoms with E-state index < -0.39 is 0 Å². The third-order valence-corrected chi connectivity index (χ3v) is 5.07. The molecule has 2 aromatic heterocycles. The maximum absolute atomic E-state index is 12.9. The van der Waals surface area contributed by atoms with Gasteiger partial charge in [-0.1, -0.05) is 12.1 Å². The first kappa shape index (κ1) is 17.4. The van der Waals surface area contributed by atoms with Crippen molar-refractivity contribution >= 4 is 11.4 Å². The first-order valence-corrected chi connectivity index (χ1v) is 9.13. The molecule has 6 nitrogen and oxygen atoms in total. The molecule has 1 unspecified atom stereocenters. The van der Waals surface area contributed by atoms with Crippen LogP contribution in [0.15, 0.2) is 48.8 Å².